The first-order valence-electron chi connectivity index (χ1n) is 7.78. The van der Waals surface area contributed by atoms with Crippen molar-refractivity contribution in [1.29, 1.82) is 0 Å². The van der Waals surface area contributed by atoms with Crippen molar-refractivity contribution in [2.75, 3.05) is 0 Å². The highest BCUT2D eigenvalue weighted by Gasteiger charge is 2.11. The zero-order valence-electron chi connectivity index (χ0n) is 13.8. The molecule has 1 aromatic carbocycles. The van der Waals surface area contributed by atoms with Crippen molar-refractivity contribution in [3.05, 3.63) is 77.0 Å². The van der Waals surface area contributed by atoms with Crippen LogP contribution in [-0.4, -0.2) is 14.7 Å². The summed E-state index contributed by atoms with van der Waals surface area (Å²) in [4.78, 5) is 4.43. The molecule has 2 heterocycles. The number of aromatic nitrogens is 3. The third-order valence-electron chi connectivity index (χ3n) is 4.09. The second-order valence-electron chi connectivity index (χ2n) is 6.02. The maximum Gasteiger partial charge on any atom is 0.250 e. The first-order valence-corrected chi connectivity index (χ1v) is 7.78. The van der Waals surface area contributed by atoms with Gasteiger partial charge in [-0.15, -0.1) is 0 Å². The maximum atomic E-state index is 9.22. The number of hydrogen-bond donors (Lipinski definition) is 1. The molecule has 0 bridgehead atoms. The molecule has 0 atom stereocenters. The molecule has 0 fully saturated rings. The van der Waals surface area contributed by atoms with E-state index in [0.29, 0.717) is 5.69 Å². The van der Waals surface area contributed by atoms with Gasteiger partial charge in [-0.2, -0.15) is 4.57 Å². The molecular weight excluding hydrogens is 286 g/mol. The van der Waals surface area contributed by atoms with Gasteiger partial charge in [0.1, 0.15) is 18.9 Å². The maximum absolute atomic E-state index is 9.22. The zero-order valence-corrected chi connectivity index (χ0v) is 13.8. The van der Waals surface area contributed by atoms with Gasteiger partial charge >= 0.3 is 0 Å². The number of imidazole rings is 1. The molecular formula is C19H22N3O+. The first kappa shape index (κ1) is 15.4. The van der Waals surface area contributed by atoms with Gasteiger partial charge in [0.2, 0.25) is 5.82 Å². The molecule has 23 heavy (non-hydrogen) atoms. The molecule has 0 amide bonds. The van der Waals surface area contributed by atoms with Gasteiger partial charge in [0.15, 0.2) is 0 Å². The molecule has 0 radical (unpaired) electrons. The van der Waals surface area contributed by atoms with Gasteiger partial charge in [-0.3, -0.25) is 0 Å². The number of hydrogen-bond acceptors (Lipinski definition) is 2. The Bertz CT molecular complexity index is 813. The number of aryl methyl sites for hydroxylation is 3. The minimum atomic E-state index is -0.0448. The van der Waals surface area contributed by atoms with Crippen molar-refractivity contribution in [1.82, 2.24) is 9.55 Å². The summed E-state index contributed by atoms with van der Waals surface area (Å²) >= 11 is 0. The summed E-state index contributed by atoms with van der Waals surface area (Å²) in [6.07, 6.45) is 6.07. The molecule has 0 aliphatic carbocycles. The summed E-state index contributed by atoms with van der Waals surface area (Å²) in [7, 11) is 0. The topological polar surface area (TPSA) is 41.9 Å². The van der Waals surface area contributed by atoms with Crippen LogP contribution in [-0.2, 0) is 13.2 Å². The van der Waals surface area contributed by atoms with Gasteiger partial charge < -0.3 is 5.11 Å². The number of aliphatic hydroxyl groups is 1. The lowest BCUT2D eigenvalue weighted by molar-refractivity contribution is -0.687. The summed E-state index contributed by atoms with van der Waals surface area (Å²) in [6, 6.07) is 10.1. The fourth-order valence-corrected chi connectivity index (χ4v) is 2.96. The second kappa shape index (κ2) is 6.34. The monoisotopic (exact) mass is 308 g/mol. The molecule has 2 aromatic heterocycles. The number of nitrogens with zero attached hydrogens (tertiary/aromatic N) is 3. The lowest BCUT2D eigenvalue weighted by atomic mass is 10.00. The smallest absolute Gasteiger partial charge is 0.250 e. The third kappa shape index (κ3) is 3.32. The Morgan fingerprint density at radius 2 is 1.87 bits per heavy atom. The van der Waals surface area contributed by atoms with Crippen molar-refractivity contribution in [3.63, 3.8) is 0 Å². The molecule has 1 N–H and O–H groups in total. The van der Waals surface area contributed by atoms with E-state index in [9.17, 15) is 5.11 Å². The van der Waals surface area contributed by atoms with Crippen LogP contribution in [0.1, 0.15) is 27.9 Å². The molecule has 0 aliphatic rings. The lowest BCUT2D eigenvalue weighted by Gasteiger charge is -2.09. The number of benzene rings is 1. The van der Waals surface area contributed by atoms with E-state index in [1.165, 1.54) is 22.3 Å². The largest absolute Gasteiger partial charge is 0.390 e. The number of aliphatic hydroxyl groups excluding tert-OH is 1. The van der Waals surface area contributed by atoms with E-state index in [0.717, 1.165) is 12.4 Å². The highest BCUT2D eigenvalue weighted by Crippen LogP contribution is 2.16. The van der Waals surface area contributed by atoms with Gasteiger partial charge in [-0.05, 0) is 43.5 Å². The average molecular weight is 308 g/mol. The van der Waals surface area contributed by atoms with Crippen LogP contribution in [0.3, 0.4) is 0 Å². The minimum absolute atomic E-state index is 0.0448. The van der Waals surface area contributed by atoms with Crippen molar-refractivity contribution < 1.29 is 9.67 Å². The summed E-state index contributed by atoms with van der Waals surface area (Å²) in [5.74, 6) is 0.813. The van der Waals surface area contributed by atoms with E-state index in [1.54, 1.807) is 0 Å². The van der Waals surface area contributed by atoms with Crippen LogP contribution in [0.5, 0.6) is 0 Å². The van der Waals surface area contributed by atoms with Crippen LogP contribution in [0.2, 0.25) is 0 Å². The van der Waals surface area contributed by atoms with Crippen LogP contribution < -0.4 is 4.57 Å². The highest BCUT2D eigenvalue weighted by atomic mass is 16.3. The van der Waals surface area contributed by atoms with E-state index in [2.05, 4.69) is 42.5 Å². The quantitative estimate of drug-likeness (QED) is 0.753. The van der Waals surface area contributed by atoms with E-state index in [1.807, 2.05) is 41.5 Å². The molecule has 0 spiro atoms. The van der Waals surface area contributed by atoms with Gasteiger partial charge in [0, 0.05) is 6.07 Å². The molecule has 4 nitrogen and oxygen atoms in total. The van der Waals surface area contributed by atoms with Crippen LogP contribution in [0, 0.1) is 20.8 Å². The van der Waals surface area contributed by atoms with Gasteiger partial charge in [-0.25, -0.2) is 9.55 Å². The summed E-state index contributed by atoms with van der Waals surface area (Å²) < 4.78 is 4.12. The molecule has 0 aliphatic heterocycles. The van der Waals surface area contributed by atoms with Gasteiger partial charge in [0.05, 0.1) is 12.3 Å². The lowest BCUT2D eigenvalue weighted by Crippen LogP contribution is -2.32. The highest BCUT2D eigenvalue weighted by molar-refractivity contribution is 5.36. The minimum Gasteiger partial charge on any atom is -0.390 e. The number of pyridine rings is 1. The summed E-state index contributed by atoms with van der Waals surface area (Å²) in [5.41, 5.74) is 5.98. The van der Waals surface area contributed by atoms with Crippen molar-refractivity contribution in [2.45, 2.75) is 33.9 Å². The Kier molecular flexibility index (Phi) is 4.26. The molecule has 0 saturated carbocycles. The van der Waals surface area contributed by atoms with Crippen LogP contribution in [0.4, 0.5) is 0 Å². The standard InChI is InChI=1S/C19H22N3O/c1-14-9-15(2)18(16(3)10-14)11-21-7-8-22(13-21)19-6-4-5-17(12-23)20-19/h4-10,13,23H,11-12H2,1-3H3/q+1. The SMILES string of the molecule is Cc1cc(C)c(C[n+]2ccn(-c3cccc(CO)n3)c2)c(C)c1. The molecule has 4 heteroatoms. The summed E-state index contributed by atoms with van der Waals surface area (Å²) in [6.45, 7) is 7.26. The molecule has 3 rings (SSSR count). The first-order chi connectivity index (χ1) is 11.1. The van der Waals surface area contributed by atoms with Crippen LogP contribution >= 0.6 is 0 Å². The average Bonchev–Trinajstić information content (AvgIpc) is 2.99. The fraction of sp³-hybridized carbons (Fsp3) is 0.263. The Morgan fingerprint density at radius 1 is 1.13 bits per heavy atom. The van der Waals surface area contributed by atoms with E-state index < -0.39 is 0 Å². The van der Waals surface area contributed by atoms with E-state index in [-0.39, 0.29) is 6.61 Å². The van der Waals surface area contributed by atoms with Crippen molar-refractivity contribution in [2.24, 2.45) is 0 Å². The van der Waals surface area contributed by atoms with Gasteiger partial charge in [0.25, 0.3) is 6.33 Å². The zero-order chi connectivity index (χ0) is 16.4. The molecule has 0 unspecified atom stereocenters. The van der Waals surface area contributed by atoms with Crippen LogP contribution in [0.25, 0.3) is 5.82 Å². The Labute approximate surface area is 136 Å². The summed E-state index contributed by atoms with van der Waals surface area (Å²) in [5, 5.41) is 9.22. The van der Waals surface area contributed by atoms with Crippen molar-refractivity contribution >= 4 is 0 Å². The normalized spacial score (nSPS) is 11.0. The fourth-order valence-electron chi connectivity index (χ4n) is 2.96. The van der Waals surface area contributed by atoms with E-state index in [4.69, 9.17) is 0 Å². The molecule has 3 aromatic rings. The van der Waals surface area contributed by atoms with Crippen molar-refractivity contribution in [3.8, 4) is 5.82 Å². The second-order valence-corrected chi connectivity index (χ2v) is 6.02. The molecule has 0 saturated heterocycles. The third-order valence-corrected chi connectivity index (χ3v) is 4.09. The van der Waals surface area contributed by atoms with Gasteiger partial charge in [-0.1, -0.05) is 23.8 Å². The van der Waals surface area contributed by atoms with Crippen LogP contribution in [0.15, 0.2) is 49.1 Å². The Hall–Kier alpha value is -2.46. The predicted molar refractivity (Wildman–Crippen MR) is 89.4 cm³/mol. The predicted octanol–water partition coefficient (Wildman–Crippen LogP) is 2.63. The molecule has 118 valence electrons. The Morgan fingerprint density at radius 3 is 2.57 bits per heavy atom. The Balaban J connectivity index is 1.88. The number of rotatable bonds is 4. The van der Waals surface area contributed by atoms with E-state index >= 15 is 0 Å².